The number of para-hydroxylation sites is 1. The summed E-state index contributed by atoms with van der Waals surface area (Å²) >= 11 is 0. The lowest BCUT2D eigenvalue weighted by Crippen LogP contribution is -2.36. The normalized spacial score (nSPS) is 30.6. The minimum atomic E-state index is -0.677. The van der Waals surface area contributed by atoms with Gasteiger partial charge in [0.05, 0.1) is 24.1 Å². The second-order valence-corrected chi connectivity index (χ2v) is 8.66. The van der Waals surface area contributed by atoms with E-state index in [1.807, 2.05) is 56.4 Å². The number of hydrogen-bond donors (Lipinski definition) is 1. The molecule has 5 rings (SSSR count). The Balaban J connectivity index is 1.53. The van der Waals surface area contributed by atoms with Crippen LogP contribution in [-0.4, -0.2) is 44.2 Å². The zero-order valence-corrected chi connectivity index (χ0v) is 16.8. The van der Waals surface area contributed by atoms with Gasteiger partial charge in [0.1, 0.15) is 23.8 Å². The van der Waals surface area contributed by atoms with Crippen LogP contribution < -0.4 is 4.74 Å². The number of aliphatic hydroxyl groups excluding tert-OH is 1. The zero-order valence-electron chi connectivity index (χ0n) is 16.8. The molecule has 1 aromatic carbocycles. The summed E-state index contributed by atoms with van der Waals surface area (Å²) in [6.45, 7) is 5.94. The number of ether oxygens (including phenoxy) is 3. The first-order valence-corrected chi connectivity index (χ1v) is 9.91. The summed E-state index contributed by atoms with van der Waals surface area (Å²) in [5.41, 5.74) is 0.404. The van der Waals surface area contributed by atoms with Crippen molar-refractivity contribution in [3.63, 3.8) is 0 Å². The number of aromatic nitrogens is 3. The Morgan fingerprint density at radius 3 is 2.69 bits per heavy atom. The van der Waals surface area contributed by atoms with Gasteiger partial charge >= 0.3 is 0 Å². The summed E-state index contributed by atoms with van der Waals surface area (Å²) in [5.74, 6) is 0.566. The molecule has 29 heavy (non-hydrogen) atoms. The molecule has 0 spiro atoms. The van der Waals surface area contributed by atoms with Gasteiger partial charge in [0.15, 0.2) is 5.79 Å². The molecule has 1 saturated carbocycles. The van der Waals surface area contributed by atoms with Crippen LogP contribution in [0.5, 0.6) is 11.6 Å². The SMILES string of the molecule is CC1(C)O[C@H]2[C@H](n3ccc4c(Oc5ccccc5)ncnc43)C[C@](C)(CO)[C@H]2O1. The molecular formula is C22H25N3O4. The van der Waals surface area contributed by atoms with Crippen LogP contribution in [0.2, 0.25) is 0 Å². The molecule has 1 saturated heterocycles. The molecule has 1 aliphatic heterocycles. The summed E-state index contributed by atoms with van der Waals surface area (Å²) in [7, 11) is 0. The first kappa shape index (κ1) is 18.5. The lowest BCUT2D eigenvalue weighted by molar-refractivity contribution is -0.170. The fraction of sp³-hybridized carbons (Fsp3) is 0.455. The minimum Gasteiger partial charge on any atom is -0.438 e. The maximum Gasteiger partial charge on any atom is 0.231 e. The van der Waals surface area contributed by atoms with Crippen molar-refractivity contribution in [2.75, 3.05) is 6.61 Å². The second-order valence-electron chi connectivity index (χ2n) is 8.66. The van der Waals surface area contributed by atoms with Crippen molar-refractivity contribution in [1.29, 1.82) is 0 Å². The molecule has 0 unspecified atom stereocenters. The van der Waals surface area contributed by atoms with E-state index in [4.69, 9.17) is 14.2 Å². The van der Waals surface area contributed by atoms with Gasteiger partial charge in [-0.2, -0.15) is 0 Å². The first-order chi connectivity index (χ1) is 13.9. The Morgan fingerprint density at radius 1 is 1.14 bits per heavy atom. The van der Waals surface area contributed by atoms with Crippen LogP contribution in [0.1, 0.15) is 33.2 Å². The van der Waals surface area contributed by atoms with Crippen molar-refractivity contribution in [3.8, 4) is 11.6 Å². The third kappa shape index (κ3) is 3.01. The van der Waals surface area contributed by atoms with E-state index >= 15 is 0 Å². The van der Waals surface area contributed by atoms with E-state index < -0.39 is 5.79 Å². The van der Waals surface area contributed by atoms with Gasteiger partial charge in [-0.05, 0) is 38.5 Å². The molecule has 2 aromatic heterocycles. The lowest BCUT2D eigenvalue weighted by atomic mass is 9.87. The van der Waals surface area contributed by atoms with E-state index in [2.05, 4.69) is 21.5 Å². The monoisotopic (exact) mass is 395 g/mol. The van der Waals surface area contributed by atoms with Gasteiger partial charge in [-0.3, -0.25) is 0 Å². The standard InChI is InChI=1S/C22H25N3O4/c1-21(2)28-17-16(11-22(3,12-26)18(17)29-21)25-10-9-15-19(25)23-13-24-20(15)27-14-7-5-4-6-8-14/h4-10,13,16-18,26H,11-12H2,1-3H3/t16-,17+,18+,22-/m1/s1. The van der Waals surface area contributed by atoms with Crippen molar-refractivity contribution < 1.29 is 19.3 Å². The topological polar surface area (TPSA) is 78.6 Å². The number of fused-ring (bicyclic) bond motifs is 2. The van der Waals surface area contributed by atoms with Crippen LogP contribution >= 0.6 is 0 Å². The van der Waals surface area contributed by atoms with Crippen molar-refractivity contribution >= 4 is 11.0 Å². The van der Waals surface area contributed by atoms with Crippen LogP contribution in [0.4, 0.5) is 0 Å². The predicted octanol–water partition coefficient (Wildman–Crippen LogP) is 3.69. The Labute approximate surface area is 169 Å². The van der Waals surface area contributed by atoms with E-state index in [9.17, 15) is 5.11 Å². The minimum absolute atomic E-state index is 0.00380. The Morgan fingerprint density at radius 2 is 1.93 bits per heavy atom. The van der Waals surface area contributed by atoms with Gasteiger partial charge < -0.3 is 23.9 Å². The molecule has 2 aliphatic rings. The third-order valence-electron chi connectivity index (χ3n) is 6.02. The highest BCUT2D eigenvalue weighted by Gasteiger charge is 2.59. The molecule has 0 amide bonds. The summed E-state index contributed by atoms with van der Waals surface area (Å²) in [6.07, 6.45) is 3.91. The molecule has 152 valence electrons. The van der Waals surface area contributed by atoms with E-state index in [1.165, 1.54) is 6.33 Å². The molecule has 7 nitrogen and oxygen atoms in total. The van der Waals surface area contributed by atoms with E-state index in [-0.39, 0.29) is 30.3 Å². The molecular weight excluding hydrogens is 370 g/mol. The molecule has 3 aromatic rings. The van der Waals surface area contributed by atoms with Gasteiger partial charge in [0, 0.05) is 11.6 Å². The number of benzene rings is 1. The van der Waals surface area contributed by atoms with Crippen molar-refractivity contribution in [3.05, 3.63) is 48.9 Å². The number of aliphatic hydroxyl groups is 1. The molecule has 1 N–H and O–H groups in total. The molecule has 0 radical (unpaired) electrons. The number of hydrogen-bond acceptors (Lipinski definition) is 6. The van der Waals surface area contributed by atoms with Gasteiger partial charge in [-0.25, -0.2) is 9.97 Å². The molecule has 0 bridgehead atoms. The predicted molar refractivity (Wildman–Crippen MR) is 107 cm³/mol. The van der Waals surface area contributed by atoms with E-state index in [1.54, 1.807) is 0 Å². The first-order valence-electron chi connectivity index (χ1n) is 9.91. The molecule has 1 aliphatic carbocycles. The summed E-state index contributed by atoms with van der Waals surface area (Å²) < 4.78 is 20.5. The fourth-order valence-electron chi connectivity index (χ4n) is 4.63. The van der Waals surface area contributed by atoms with Gasteiger partial charge in [-0.15, -0.1) is 0 Å². The van der Waals surface area contributed by atoms with Crippen LogP contribution in [0.25, 0.3) is 11.0 Å². The largest absolute Gasteiger partial charge is 0.438 e. The van der Waals surface area contributed by atoms with Crippen LogP contribution in [0.15, 0.2) is 48.9 Å². The Bertz CT molecular complexity index is 1030. The quantitative estimate of drug-likeness (QED) is 0.726. The number of rotatable bonds is 4. The molecule has 3 heterocycles. The average Bonchev–Trinajstić information content (AvgIpc) is 3.35. The number of nitrogens with zero attached hydrogens (tertiary/aromatic N) is 3. The van der Waals surface area contributed by atoms with Crippen molar-refractivity contribution in [2.45, 2.75) is 51.2 Å². The summed E-state index contributed by atoms with van der Waals surface area (Å²) in [5, 5.41) is 10.9. The van der Waals surface area contributed by atoms with Gasteiger partial charge in [0.25, 0.3) is 0 Å². The van der Waals surface area contributed by atoms with Gasteiger partial charge in [0.2, 0.25) is 5.88 Å². The Kier molecular flexibility index (Phi) is 4.17. The van der Waals surface area contributed by atoms with Gasteiger partial charge in [-0.1, -0.05) is 25.1 Å². The highest BCUT2D eigenvalue weighted by molar-refractivity contribution is 5.81. The lowest BCUT2D eigenvalue weighted by Gasteiger charge is -2.29. The van der Waals surface area contributed by atoms with E-state index in [0.29, 0.717) is 5.88 Å². The van der Waals surface area contributed by atoms with Crippen LogP contribution in [0, 0.1) is 5.41 Å². The molecule has 4 atom stereocenters. The third-order valence-corrected chi connectivity index (χ3v) is 6.02. The van der Waals surface area contributed by atoms with E-state index in [0.717, 1.165) is 23.2 Å². The smallest absolute Gasteiger partial charge is 0.231 e. The fourth-order valence-corrected chi connectivity index (χ4v) is 4.63. The highest BCUT2D eigenvalue weighted by atomic mass is 16.8. The molecule has 2 fully saturated rings. The highest BCUT2D eigenvalue weighted by Crippen LogP contribution is 2.53. The molecule has 7 heteroatoms. The average molecular weight is 395 g/mol. The Hall–Kier alpha value is -2.48. The van der Waals surface area contributed by atoms with Crippen molar-refractivity contribution in [2.24, 2.45) is 5.41 Å². The van der Waals surface area contributed by atoms with Crippen LogP contribution in [-0.2, 0) is 9.47 Å². The van der Waals surface area contributed by atoms with Crippen molar-refractivity contribution in [1.82, 2.24) is 14.5 Å². The summed E-state index contributed by atoms with van der Waals surface area (Å²) in [4.78, 5) is 8.86. The summed E-state index contributed by atoms with van der Waals surface area (Å²) in [6, 6.07) is 11.5. The van der Waals surface area contributed by atoms with Crippen LogP contribution in [0.3, 0.4) is 0 Å². The maximum absolute atomic E-state index is 10.1. The maximum atomic E-state index is 10.1. The second kappa shape index (κ2) is 6.52. The zero-order chi connectivity index (χ0) is 20.2.